The number of imidazole rings is 4. The Morgan fingerprint density at radius 2 is 0.647 bits per heavy atom. The zero-order valence-corrected chi connectivity index (χ0v) is 94.9. The lowest BCUT2D eigenvalue weighted by Gasteiger charge is -2.38. The average molecular weight is 2050 g/mol. The summed E-state index contributed by atoms with van der Waals surface area (Å²) in [5.41, 5.74) is 13.3. The zero-order valence-electron chi connectivity index (χ0n) is 94.9. The summed E-state index contributed by atoms with van der Waals surface area (Å²) < 4.78 is 11.8. The van der Waals surface area contributed by atoms with Crippen molar-refractivity contribution in [3.05, 3.63) is 156 Å². The molecule has 10 fully saturated rings. The van der Waals surface area contributed by atoms with Crippen LogP contribution in [0.25, 0.3) is 55.0 Å². The van der Waals surface area contributed by atoms with E-state index in [1.54, 1.807) is 0 Å². The van der Waals surface area contributed by atoms with Crippen LogP contribution in [-0.2, 0) is 76.3 Å². The standard InChI is InChI=1S/C28H44N4O.C27H42N4O.C26H40N4O.C25H36N2O.C22H31N3O/c1-5-31(23-11-7-6-8-12-23)27(33)17-20-32-25-14-10-9-13-24(25)29-26(32)21-30-18-15-22(16-19-30)28(2,3)4;1-4-22-13-16-29(17-14-22)20-26-28-24-19-21(3)11-12-25(24)31(26)18-15-27(32)30(5-2)23-9-7-6-8-10-23;1-3-21-14-17-28(18-15-21)20-25-27-23-12-8-9-13-24(23)30(25)19-16-26(31)29(4-2)22-10-6-5-7-11-22;1-2-26(22-14-7-4-8-15-22)25(28)17-18-27-23-16-10-9-13-21(23)19-24(27)20-11-5-3-6-12-20;1-17-11-14-24(15-12-17)21(26)13-16-25-20-10-6-5-9-19(20)23-22(25)18-7-3-2-4-8-18/h9-10,13-14,22-23H,5-8,11-12,15-21H2,1-4H3;11-12,19,22-23H,4-10,13-18,20H2,1-3H3;8-9,12-13,21-22H,3-7,10-11,14-20H2,1-2H3;9-10,13,16,19-20,22H,2-8,11-12,14-15,17-18H2,1H3;5-6,9-10,17-18H,2-4,7-8,11-16H2,1H3. The fourth-order valence-corrected chi connectivity index (χ4v) is 27.7. The number of carbonyl (C=O) groups is 5. The molecule has 0 unspecified atom stereocenters. The maximum absolute atomic E-state index is 13.2. The number of nitrogens with zero attached hydrogens (tertiary/aromatic N) is 17. The highest BCUT2D eigenvalue weighted by Gasteiger charge is 2.36. The second kappa shape index (κ2) is 56.7. The van der Waals surface area contributed by atoms with Crippen molar-refractivity contribution in [2.24, 2.45) is 29.1 Å². The second-order valence-electron chi connectivity index (χ2n) is 47.9. The minimum absolute atomic E-state index is 0.305. The monoisotopic (exact) mass is 2050 g/mol. The fraction of sp³-hybridized carbons (Fsp3) is 0.680. The number of rotatable bonds is 33. The molecule has 0 N–H and O–H groups in total. The number of hydrogen-bond donors (Lipinski definition) is 0. The van der Waals surface area contributed by atoms with Gasteiger partial charge in [0.25, 0.3) is 0 Å². The number of likely N-dealkylation sites (tertiary alicyclic amines) is 4. The Labute approximate surface area is 901 Å². The van der Waals surface area contributed by atoms with E-state index in [2.05, 4.69) is 260 Å². The van der Waals surface area contributed by atoms with Crippen molar-refractivity contribution in [3.8, 4) is 0 Å². The van der Waals surface area contributed by atoms with Crippen molar-refractivity contribution < 1.29 is 24.0 Å². The minimum atomic E-state index is 0.305. The molecular weight excluding hydrogens is 1860 g/mol. The summed E-state index contributed by atoms with van der Waals surface area (Å²) in [6, 6.07) is 44.6. The number of hydrogen-bond acceptors (Lipinski definition) is 12. The van der Waals surface area contributed by atoms with Crippen molar-refractivity contribution in [1.29, 1.82) is 0 Å². The van der Waals surface area contributed by atoms with E-state index >= 15 is 0 Å². The van der Waals surface area contributed by atoms with E-state index in [1.807, 2.05) is 0 Å². The molecule has 150 heavy (non-hydrogen) atoms. The third-order valence-corrected chi connectivity index (χ3v) is 37.0. The molecule has 4 saturated heterocycles. The maximum atomic E-state index is 13.2. The molecule has 9 heterocycles. The molecule has 0 spiro atoms. The van der Waals surface area contributed by atoms with E-state index in [0.717, 1.165) is 218 Å². The Bertz CT molecular complexity index is 5820. The lowest BCUT2D eigenvalue weighted by molar-refractivity contribution is -0.135. The minimum Gasteiger partial charge on any atom is -0.344 e. The number of aryl methyl sites for hydroxylation is 6. The first-order valence-electron chi connectivity index (χ1n) is 61.1. The van der Waals surface area contributed by atoms with Crippen LogP contribution in [0.1, 0.15) is 405 Å². The molecule has 6 saturated carbocycles. The van der Waals surface area contributed by atoms with Gasteiger partial charge in [-0.15, -0.1) is 0 Å². The van der Waals surface area contributed by atoms with Crippen molar-refractivity contribution in [1.82, 2.24) is 82.0 Å². The lowest BCUT2D eigenvalue weighted by atomic mass is 9.75. The third-order valence-electron chi connectivity index (χ3n) is 37.0. The van der Waals surface area contributed by atoms with Crippen molar-refractivity contribution >= 4 is 84.6 Å². The van der Waals surface area contributed by atoms with Gasteiger partial charge < -0.3 is 47.3 Å². The van der Waals surface area contributed by atoms with Crippen LogP contribution in [0.3, 0.4) is 0 Å². The SMILES string of the molecule is CC1CCN(C(=O)CCn2c(C3CCCCC3)nc3ccccc32)CC1.CCC1CCN(Cc2nc3cc(C)ccc3n2CCC(=O)N(CC)C2CCCCC2)CC1.CCC1CCN(Cc2nc3ccccc3n2CCC(=O)N(CC)C2CCCCC2)CC1.CCN(C(=O)CCn1c(C2CCCCC2)cc2ccccc21)C1CCCCC1.CCN(C(=O)CCn1c(CN2CCC(C(C)(C)C)CC2)nc2ccccc21)C1CCCCC1. The number of carbonyl (C=O) groups excluding carboxylic acids is 5. The molecule has 5 aromatic heterocycles. The van der Waals surface area contributed by atoms with E-state index in [1.165, 1.54) is 283 Å². The van der Waals surface area contributed by atoms with Crippen molar-refractivity contribution in [2.75, 3.05) is 78.5 Å². The Balaban J connectivity index is 0.000000134. The first-order valence-corrected chi connectivity index (χ1v) is 61.1. The van der Waals surface area contributed by atoms with Crippen LogP contribution in [0.4, 0.5) is 0 Å². The summed E-state index contributed by atoms with van der Waals surface area (Å²) >= 11 is 0. The van der Waals surface area contributed by atoms with Gasteiger partial charge in [-0.05, 0) is 309 Å². The van der Waals surface area contributed by atoms with Gasteiger partial charge in [-0.3, -0.25) is 38.7 Å². The number of amides is 5. The molecule has 5 aromatic carbocycles. The number of para-hydroxylation sites is 7. The summed E-state index contributed by atoms with van der Waals surface area (Å²) in [6.07, 6.45) is 53.4. The summed E-state index contributed by atoms with van der Waals surface area (Å²) in [5, 5.41) is 1.33. The Kier molecular flexibility index (Phi) is 42.9. The van der Waals surface area contributed by atoms with E-state index in [0.29, 0.717) is 103 Å². The average Bonchev–Trinajstić information content (AvgIpc) is 1.65. The van der Waals surface area contributed by atoms with Crippen molar-refractivity contribution in [3.63, 3.8) is 0 Å². The van der Waals surface area contributed by atoms with Crippen molar-refractivity contribution in [2.45, 2.75) is 453 Å². The highest BCUT2D eigenvalue weighted by molar-refractivity contribution is 5.84. The molecule has 5 amide bonds. The molecule has 6 aliphatic carbocycles. The Morgan fingerprint density at radius 1 is 0.320 bits per heavy atom. The first-order chi connectivity index (χ1) is 73.1. The van der Waals surface area contributed by atoms with Gasteiger partial charge in [0, 0.05) is 145 Å². The van der Waals surface area contributed by atoms with Gasteiger partial charge >= 0.3 is 0 Å². The van der Waals surface area contributed by atoms with Gasteiger partial charge in [-0.2, -0.15) is 0 Å². The zero-order chi connectivity index (χ0) is 105. The summed E-state index contributed by atoms with van der Waals surface area (Å²) in [4.78, 5) is 104. The smallest absolute Gasteiger partial charge is 0.224 e. The molecule has 0 atom stereocenters. The molecule has 10 aromatic rings. The molecule has 0 bridgehead atoms. The predicted octanol–water partition coefficient (Wildman–Crippen LogP) is 27.6. The van der Waals surface area contributed by atoms with E-state index < -0.39 is 0 Å². The Hall–Kier alpha value is -9.25. The van der Waals surface area contributed by atoms with Crippen LogP contribution in [0.2, 0.25) is 0 Å². The van der Waals surface area contributed by atoms with E-state index in [9.17, 15) is 24.0 Å². The van der Waals surface area contributed by atoms with Gasteiger partial charge in [0.1, 0.15) is 23.3 Å². The Morgan fingerprint density at radius 3 is 1.03 bits per heavy atom. The fourth-order valence-electron chi connectivity index (χ4n) is 27.7. The predicted molar refractivity (Wildman–Crippen MR) is 616 cm³/mol. The normalized spacial score (nSPS) is 19.3. The molecule has 4 aliphatic heterocycles. The highest BCUT2D eigenvalue weighted by atomic mass is 16.2. The quantitative estimate of drug-likeness (QED) is 0.0379. The van der Waals surface area contributed by atoms with E-state index in [4.69, 9.17) is 19.9 Å². The van der Waals surface area contributed by atoms with Crippen LogP contribution in [0, 0.1) is 36.0 Å². The third kappa shape index (κ3) is 30.3. The van der Waals surface area contributed by atoms with Gasteiger partial charge in [0.2, 0.25) is 29.5 Å². The summed E-state index contributed by atoms with van der Waals surface area (Å²) in [7, 11) is 0. The van der Waals surface area contributed by atoms with E-state index in [-0.39, 0.29) is 0 Å². The van der Waals surface area contributed by atoms with Crippen LogP contribution in [0.15, 0.2) is 121 Å². The molecule has 22 heteroatoms. The number of aromatic nitrogens is 9. The second-order valence-corrected chi connectivity index (χ2v) is 47.9. The molecule has 820 valence electrons. The molecule has 0 radical (unpaired) electrons. The lowest BCUT2D eigenvalue weighted by Crippen LogP contribution is -2.41. The van der Waals surface area contributed by atoms with Gasteiger partial charge in [0.05, 0.1) is 63.8 Å². The number of piperidine rings is 4. The molecule has 20 rings (SSSR count). The number of benzene rings is 5. The molecule has 22 nitrogen and oxygen atoms in total. The van der Waals surface area contributed by atoms with Crippen LogP contribution in [-0.4, -0.2) is 214 Å². The van der Waals surface area contributed by atoms with Crippen LogP contribution in [0.5, 0.6) is 0 Å². The van der Waals surface area contributed by atoms with Crippen LogP contribution >= 0.6 is 0 Å². The largest absolute Gasteiger partial charge is 0.344 e. The van der Waals surface area contributed by atoms with Gasteiger partial charge in [-0.25, -0.2) is 19.9 Å². The molecular formula is C128H193N17O5. The summed E-state index contributed by atoms with van der Waals surface area (Å²) in [5.74, 6) is 10.7. The maximum Gasteiger partial charge on any atom is 0.224 e. The highest BCUT2D eigenvalue weighted by Crippen LogP contribution is 2.41. The topological polar surface area (TPSA) is 187 Å². The molecule has 10 aliphatic rings. The van der Waals surface area contributed by atoms with Gasteiger partial charge in [0.15, 0.2) is 0 Å². The first kappa shape index (κ1) is 113. The number of fused-ring (bicyclic) bond motifs is 5. The van der Waals surface area contributed by atoms with Gasteiger partial charge in [-0.1, -0.05) is 231 Å². The van der Waals surface area contributed by atoms with Crippen LogP contribution < -0.4 is 0 Å². The summed E-state index contributed by atoms with van der Waals surface area (Å²) in [6.45, 7) is 43.2.